The van der Waals surface area contributed by atoms with E-state index >= 15 is 0 Å². The molecule has 0 spiro atoms. The normalized spacial score (nSPS) is 12.4. The Hall–Kier alpha value is -3.17. The van der Waals surface area contributed by atoms with Gasteiger partial charge in [0.25, 0.3) is 5.91 Å². The molecule has 0 radical (unpaired) electrons. The summed E-state index contributed by atoms with van der Waals surface area (Å²) in [7, 11) is 0. The summed E-state index contributed by atoms with van der Waals surface area (Å²) < 4.78 is 2.78. The summed E-state index contributed by atoms with van der Waals surface area (Å²) in [5.74, 6) is 2.10. The smallest absolute Gasteiger partial charge is 0.269 e. The van der Waals surface area contributed by atoms with Crippen LogP contribution in [0, 0.1) is 12.3 Å². The first-order valence-corrected chi connectivity index (χ1v) is 8.66. The third kappa shape index (κ3) is 2.54. The number of aromatic nitrogens is 2. The van der Waals surface area contributed by atoms with Crippen molar-refractivity contribution >= 4 is 27.5 Å². The summed E-state index contributed by atoms with van der Waals surface area (Å²) in [6.07, 6.45) is 7.19. The van der Waals surface area contributed by atoms with E-state index in [1.165, 1.54) is 0 Å². The summed E-state index contributed by atoms with van der Waals surface area (Å²) in [4.78, 5) is 20.7. The van der Waals surface area contributed by atoms with Gasteiger partial charge in [-0.05, 0) is 24.3 Å². The van der Waals surface area contributed by atoms with Crippen LogP contribution in [0.15, 0.2) is 58.3 Å². The standard InChI is InChI=1S/C20H13BrN4O/c1-2-12-7-8-16-14(9-12)18(13-5-3-4-6-15(13)21)23-10-17-19(20(22)26)24-11-25(16)17/h1,3-9,11H,10H2,(H2,22,26). The highest BCUT2D eigenvalue weighted by atomic mass is 79.9. The Morgan fingerprint density at radius 1 is 1.23 bits per heavy atom. The molecule has 2 aromatic carbocycles. The van der Waals surface area contributed by atoms with Gasteiger partial charge in [0.05, 0.1) is 23.6 Å². The Bertz CT molecular complexity index is 1120. The second kappa shape index (κ2) is 6.28. The van der Waals surface area contributed by atoms with Gasteiger partial charge < -0.3 is 5.73 Å². The van der Waals surface area contributed by atoms with Crippen molar-refractivity contribution in [3.05, 3.63) is 81.3 Å². The number of rotatable bonds is 2. The van der Waals surface area contributed by atoms with Gasteiger partial charge in [0.1, 0.15) is 6.33 Å². The Kier molecular flexibility index (Phi) is 3.94. The van der Waals surface area contributed by atoms with E-state index in [1.807, 2.05) is 47.0 Å². The number of aliphatic imine (C=N–C) groups is 1. The minimum atomic E-state index is -0.569. The van der Waals surface area contributed by atoms with Crippen molar-refractivity contribution in [1.29, 1.82) is 0 Å². The third-order valence-corrected chi connectivity index (χ3v) is 4.99. The van der Waals surface area contributed by atoms with E-state index in [4.69, 9.17) is 17.1 Å². The average Bonchev–Trinajstić information content (AvgIpc) is 3.00. The molecule has 0 bridgehead atoms. The van der Waals surface area contributed by atoms with Crippen LogP contribution in [0.1, 0.15) is 32.9 Å². The maximum Gasteiger partial charge on any atom is 0.269 e. The highest BCUT2D eigenvalue weighted by molar-refractivity contribution is 9.10. The van der Waals surface area contributed by atoms with Gasteiger partial charge >= 0.3 is 0 Å². The topological polar surface area (TPSA) is 73.3 Å². The van der Waals surface area contributed by atoms with Gasteiger partial charge in [-0.2, -0.15) is 0 Å². The minimum Gasteiger partial charge on any atom is -0.364 e. The highest BCUT2D eigenvalue weighted by Gasteiger charge is 2.24. The monoisotopic (exact) mass is 404 g/mol. The van der Waals surface area contributed by atoms with Crippen molar-refractivity contribution in [2.75, 3.05) is 0 Å². The molecular weight excluding hydrogens is 392 g/mol. The first kappa shape index (κ1) is 16.3. The Morgan fingerprint density at radius 3 is 2.77 bits per heavy atom. The van der Waals surface area contributed by atoms with Gasteiger partial charge in [-0.3, -0.25) is 14.4 Å². The fourth-order valence-corrected chi connectivity index (χ4v) is 3.56. The number of hydrogen-bond donors (Lipinski definition) is 1. The molecule has 0 fully saturated rings. The van der Waals surface area contributed by atoms with Gasteiger partial charge in [-0.25, -0.2) is 4.98 Å². The number of primary amides is 1. The zero-order valence-electron chi connectivity index (χ0n) is 13.6. The van der Waals surface area contributed by atoms with E-state index in [0.29, 0.717) is 5.69 Å². The summed E-state index contributed by atoms with van der Waals surface area (Å²) in [6.45, 7) is 0.287. The molecule has 5 nitrogen and oxygen atoms in total. The molecule has 1 aliphatic rings. The number of nitrogens with zero attached hydrogens (tertiary/aromatic N) is 3. The van der Waals surface area contributed by atoms with E-state index < -0.39 is 5.91 Å². The molecule has 0 atom stereocenters. The van der Waals surface area contributed by atoms with Crippen molar-refractivity contribution in [2.45, 2.75) is 6.54 Å². The fraction of sp³-hybridized carbons (Fsp3) is 0.0500. The van der Waals surface area contributed by atoms with E-state index in [1.54, 1.807) is 6.33 Å². The molecule has 0 saturated carbocycles. The van der Waals surface area contributed by atoms with Gasteiger partial charge in [0.15, 0.2) is 5.69 Å². The van der Waals surface area contributed by atoms with Crippen LogP contribution < -0.4 is 5.73 Å². The number of halogens is 1. The molecule has 3 aromatic rings. The van der Waals surface area contributed by atoms with Gasteiger partial charge in [0, 0.05) is 21.2 Å². The van der Waals surface area contributed by atoms with Crippen LogP contribution in [0.25, 0.3) is 5.69 Å². The summed E-state index contributed by atoms with van der Waals surface area (Å²) >= 11 is 3.59. The number of hydrogen-bond acceptors (Lipinski definition) is 3. The zero-order chi connectivity index (χ0) is 18.3. The lowest BCUT2D eigenvalue weighted by atomic mass is 9.98. The molecule has 126 valence electrons. The molecular formula is C20H13BrN4O. The molecule has 4 rings (SSSR count). The van der Waals surface area contributed by atoms with Crippen LogP contribution >= 0.6 is 15.9 Å². The molecule has 6 heteroatoms. The lowest BCUT2D eigenvalue weighted by molar-refractivity contribution is 0.0995. The molecule has 0 saturated heterocycles. The average molecular weight is 405 g/mol. The van der Waals surface area contributed by atoms with Crippen molar-refractivity contribution in [2.24, 2.45) is 10.7 Å². The van der Waals surface area contributed by atoms with Gasteiger partial charge in [-0.15, -0.1) is 6.42 Å². The van der Waals surface area contributed by atoms with Crippen molar-refractivity contribution in [3.63, 3.8) is 0 Å². The number of carbonyl (C=O) groups is 1. The first-order valence-electron chi connectivity index (χ1n) is 7.87. The van der Waals surface area contributed by atoms with Crippen LogP contribution in [-0.4, -0.2) is 21.2 Å². The zero-order valence-corrected chi connectivity index (χ0v) is 15.2. The Labute approximate surface area is 158 Å². The molecule has 1 aromatic heterocycles. The summed E-state index contributed by atoms with van der Waals surface area (Å²) in [5, 5.41) is 0. The van der Waals surface area contributed by atoms with Crippen LogP contribution in [0.3, 0.4) is 0 Å². The first-order chi connectivity index (χ1) is 12.6. The molecule has 2 N–H and O–H groups in total. The maximum atomic E-state index is 11.7. The molecule has 26 heavy (non-hydrogen) atoms. The Morgan fingerprint density at radius 2 is 2.04 bits per heavy atom. The highest BCUT2D eigenvalue weighted by Crippen LogP contribution is 2.29. The predicted octanol–water partition coefficient (Wildman–Crippen LogP) is 3.07. The summed E-state index contributed by atoms with van der Waals surface area (Å²) in [6, 6.07) is 13.5. The number of benzene rings is 2. The lowest BCUT2D eigenvalue weighted by Crippen LogP contribution is -2.14. The largest absolute Gasteiger partial charge is 0.364 e. The maximum absolute atomic E-state index is 11.7. The molecule has 2 heterocycles. The van der Waals surface area contributed by atoms with Crippen LogP contribution in [0.4, 0.5) is 0 Å². The number of carbonyl (C=O) groups excluding carboxylic acids is 1. The lowest BCUT2D eigenvalue weighted by Gasteiger charge is -2.13. The fourth-order valence-electron chi connectivity index (χ4n) is 3.09. The summed E-state index contributed by atoms with van der Waals surface area (Å²) in [5.41, 5.74) is 10.6. The van der Waals surface area contributed by atoms with E-state index in [9.17, 15) is 4.79 Å². The number of imidazole rings is 1. The predicted molar refractivity (Wildman–Crippen MR) is 104 cm³/mol. The Balaban J connectivity index is 2.03. The van der Waals surface area contributed by atoms with Crippen molar-refractivity contribution in [1.82, 2.24) is 9.55 Å². The second-order valence-corrected chi connectivity index (χ2v) is 6.65. The number of amides is 1. The molecule has 1 amide bonds. The van der Waals surface area contributed by atoms with Gasteiger partial charge in [0.2, 0.25) is 0 Å². The van der Waals surface area contributed by atoms with Crippen molar-refractivity contribution in [3.8, 4) is 18.0 Å². The second-order valence-electron chi connectivity index (χ2n) is 5.80. The van der Waals surface area contributed by atoms with Crippen LogP contribution in [0.2, 0.25) is 0 Å². The van der Waals surface area contributed by atoms with Crippen molar-refractivity contribution < 1.29 is 4.79 Å². The number of nitrogens with two attached hydrogens (primary N) is 1. The molecule has 0 unspecified atom stereocenters. The number of fused-ring (bicyclic) bond motifs is 3. The quantitative estimate of drug-likeness (QED) is 0.666. The van der Waals surface area contributed by atoms with Gasteiger partial charge in [-0.1, -0.05) is 40.0 Å². The number of terminal acetylenes is 1. The van der Waals surface area contributed by atoms with Crippen LogP contribution in [-0.2, 0) is 6.54 Å². The third-order valence-electron chi connectivity index (χ3n) is 4.29. The molecule has 0 aliphatic carbocycles. The van der Waals surface area contributed by atoms with Crippen LogP contribution in [0.5, 0.6) is 0 Å². The minimum absolute atomic E-state index is 0.231. The van der Waals surface area contributed by atoms with E-state index in [-0.39, 0.29) is 12.2 Å². The van der Waals surface area contributed by atoms with E-state index in [2.05, 4.69) is 26.8 Å². The van der Waals surface area contributed by atoms with E-state index in [0.717, 1.165) is 32.6 Å². The molecule has 1 aliphatic heterocycles. The SMILES string of the molecule is C#Cc1ccc2c(c1)C(c1ccccc1Br)=NCc1c(C(N)=O)ncn1-2.